The fourth-order valence-corrected chi connectivity index (χ4v) is 5.66. The van der Waals surface area contributed by atoms with E-state index in [4.69, 9.17) is 16.3 Å². The first kappa shape index (κ1) is 20.9. The van der Waals surface area contributed by atoms with Gasteiger partial charge >= 0.3 is 0 Å². The molecule has 2 aromatic carbocycles. The summed E-state index contributed by atoms with van der Waals surface area (Å²) in [6.45, 7) is 1.70. The molecule has 6 nitrogen and oxygen atoms in total. The van der Waals surface area contributed by atoms with Crippen LogP contribution in [0.2, 0.25) is 0 Å². The molecule has 0 aliphatic rings. The van der Waals surface area contributed by atoms with Gasteiger partial charge in [-0.2, -0.15) is 0 Å². The number of nitrogens with one attached hydrogen (secondary N) is 2. The molecule has 0 radical (unpaired) electrons. The van der Waals surface area contributed by atoms with Gasteiger partial charge in [0, 0.05) is 33.8 Å². The summed E-state index contributed by atoms with van der Waals surface area (Å²) in [6, 6.07) is 11.7. The Bertz CT molecular complexity index is 1390. The summed E-state index contributed by atoms with van der Waals surface area (Å²) >= 11 is 7.10. The molecule has 2 N–H and O–H groups in total. The van der Waals surface area contributed by atoms with Crippen molar-refractivity contribution in [3.05, 3.63) is 58.2 Å². The summed E-state index contributed by atoms with van der Waals surface area (Å²) in [4.78, 5) is 15.4. The molecule has 0 saturated heterocycles. The van der Waals surface area contributed by atoms with Gasteiger partial charge in [-0.1, -0.05) is 12.1 Å². The molecular formula is C21H19ClN2O4S2. The standard InChI is InChI=1S/C21H19ClN2O4S2/c1-12(11-22)24-30(26,27)14-5-3-13(4-6-14)18-17(28-2)8-7-16-19(18)15-9-10-29-20(15)21(25)23-16/h3-10,12,24H,11H2,1-2H3,(H,23,25). The van der Waals surface area contributed by atoms with Gasteiger partial charge in [0.25, 0.3) is 5.56 Å². The Balaban J connectivity index is 1.91. The first-order valence-electron chi connectivity index (χ1n) is 9.14. The van der Waals surface area contributed by atoms with Gasteiger partial charge in [-0.25, -0.2) is 13.1 Å². The van der Waals surface area contributed by atoms with Gasteiger partial charge in [0.2, 0.25) is 10.0 Å². The second kappa shape index (κ2) is 8.03. The Morgan fingerprint density at radius 3 is 2.57 bits per heavy atom. The average Bonchev–Trinajstić information content (AvgIpc) is 3.23. The largest absolute Gasteiger partial charge is 0.496 e. The third-order valence-corrected chi connectivity index (χ3v) is 7.80. The maximum Gasteiger partial charge on any atom is 0.266 e. The highest BCUT2D eigenvalue weighted by Gasteiger charge is 2.19. The molecule has 4 aromatic rings. The van der Waals surface area contributed by atoms with E-state index in [-0.39, 0.29) is 22.4 Å². The molecule has 9 heteroatoms. The van der Waals surface area contributed by atoms with E-state index in [1.165, 1.54) is 11.3 Å². The van der Waals surface area contributed by atoms with Crippen LogP contribution >= 0.6 is 22.9 Å². The fourth-order valence-electron chi connectivity index (χ4n) is 3.45. The van der Waals surface area contributed by atoms with E-state index in [9.17, 15) is 13.2 Å². The molecule has 0 aliphatic heterocycles. The number of methoxy groups -OCH3 is 1. The second-order valence-electron chi connectivity index (χ2n) is 6.88. The van der Waals surface area contributed by atoms with Gasteiger partial charge in [0.1, 0.15) is 10.4 Å². The highest BCUT2D eigenvalue weighted by molar-refractivity contribution is 7.89. The number of fused-ring (bicyclic) bond motifs is 3. The van der Waals surface area contributed by atoms with Crippen molar-refractivity contribution in [3.8, 4) is 16.9 Å². The lowest BCUT2D eigenvalue weighted by Gasteiger charge is -2.15. The first-order chi connectivity index (χ1) is 14.4. The van der Waals surface area contributed by atoms with Crippen LogP contribution in [-0.2, 0) is 10.0 Å². The van der Waals surface area contributed by atoms with E-state index >= 15 is 0 Å². The van der Waals surface area contributed by atoms with Crippen LogP contribution in [0.3, 0.4) is 0 Å². The Hall–Kier alpha value is -2.39. The molecular weight excluding hydrogens is 444 g/mol. The number of hydrogen-bond acceptors (Lipinski definition) is 5. The van der Waals surface area contributed by atoms with Crippen LogP contribution in [-0.4, -0.2) is 32.4 Å². The number of ether oxygens (including phenoxy) is 1. The third kappa shape index (κ3) is 3.60. The van der Waals surface area contributed by atoms with Crippen molar-refractivity contribution in [2.45, 2.75) is 17.9 Å². The lowest BCUT2D eigenvalue weighted by molar-refractivity contribution is 0.417. The Morgan fingerprint density at radius 2 is 1.90 bits per heavy atom. The average molecular weight is 463 g/mol. The zero-order valence-electron chi connectivity index (χ0n) is 16.2. The van der Waals surface area contributed by atoms with Gasteiger partial charge in [-0.3, -0.25) is 4.79 Å². The van der Waals surface area contributed by atoms with E-state index in [0.717, 1.165) is 21.9 Å². The molecule has 0 saturated carbocycles. The number of halogens is 1. The van der Waals surface area contributed by atoms with Gasteiger partial charge in [0.05, 0.1) is 12.0 Å². The Morgan fingerprint density at radius 1 is 1.17 bits per heavy atom. The normalized spacial score (nSPS) is 13.0. The third-order valence-electron chi connectivity index (χ3n) is 4.82. The molecule has 156 valence electrons. The molecule has 1 atom stereocenters. The molecule has 1 unspecified atom stereocenters. The van der Waals surface area contributed by atoms with E-state index in [1.807, 2.05) is 17.5 Å². The molecule has 0 spiro atoms. The van der Waals surface area contributed by atoms with E-state index in [0.29, 0.717) is 16.0 Å². The van der Waals surface area contributed by atoms with Crippen molar-refractivity contribution in [2.24, 2.45) is 0 Å². The van der Waals surface area contributed by atoms with Crippen molar-refractivity contribution >= 4 is 54.0 Å². The molecule has 0 aliphatic carbocycles. The van der Waals surface area contributed by atoms with Crippen LogP contribution in [0.4, 0.5) is 0 Å². The second-order valence-corrected chi connectivity index (χ2v) is 9.82. The first-order valence-corrected chi connectivity index (χ1v) is 12.0. The summed E-state index contributed by atoms with van der Waals surface area (Å²) in [7, 11) is -2.09. The van der Waals surface area contributed by atoms with Gasteiger partial charge in [-0.05, 0) is 48.2 Å². The SMILES string of the molecule is COc1ccc2[nH]c(=O)c3sccc3c2c1-c1ccc(S(=O)(=O)NC(C)CCl)cc1. The van der Waals surface area contributed by atoms with Crippen LogP contribution < -0.4 is 15.0 Å². The number of hydrogen-bond donors (Lipinski definition) is 2. The van der Waals surface area contributed by atoms with Crippen molar-refractivity contribution in [1.29, 1.82) is 0 Å². The lowest BCUT2D eigenvalue weighted by atomic mass is 9.97. The summed E-state index contributed by atoms with van der Waals surface area (Å²) < 4.78 is 33.8. The Kier molecular flexibility index (Phi) is 5.59. The maximum atomic E-state index is 12.5. The predicted molar refractivity (Wildman–Crippen MR) is 122 cm³/mol. The summed E-state index contributed by atoms with van der Waals surface area (Å²) in [5.41, 5.74) is 2.13. The summed E-state index contributed by atoms with van der Waals surface area (Å²) in [6.07, 6.45) is 0. The number of alkyl halides is 1. The minimum absolute atomic E-state index is 0.135. The number of rotatable bonds is 6. The number of H-pyrrole nitrogens is 1. The summed E-state index contributed by atoms with van der Waals surface area (Å²) in [5, 5.41) is 3.57. The van der Waals surface area contributed by atoms with Crippen molar-refractivity contribution in [2.75, 3.05) is 13.0 Å². The van der Waals surface area contributed by atoms with Crippen molar-refractivity contribution in [1.82, 2.24) is 9.71 Å². The molecule has 0 bridgehead atoms. The summed E-state index contributed by atoms with van der Waals surface area (Å²) in [5.74, 6) is 0.811. The monoisotopic (exact) mass is 462 g/mol. The molecule has 2 aromatic heterocycles. The van der Waals surface area contributed by atoms with Gasteiger partial charge in [-0.15, -0.1) is 22.9 Å². The minimum Gasteiger partial charge on any atom is -0.496 e. The molecule has 30 heavy (non-hydrogen) atoms. The molecule has 4 rings (SSSR count). The zero-order chi connectivity index (χ0) is 21.5. The van der Waals surface area contributed by atoms with Crippen LogP contribution in [0, 0.1) is 0 Å². The number of pyridine rings is 1. The van der Waals surface area contributed by atoms with E-state index < -0.39 is 10.0 Å². The molecule has 2 heterocycles. The number of aromatic nitrogens is 1. The predicted octanol–water partition coefficient (Wildman–Crippen LogP) is 4.32. The fraction of sp³-hybridized carbons (Fsp3) is 0.190. The van der Waals surface area contributed by atoms with Gasteiger partial charge in [0.15, 0.2) is 0 Å². The van der Waals surface area contributed by atoms with Crippen LogP contribution in [0.25, 0.3) is 32.1 Å². The van der Waals surface area contributed by atoms with Gasteiger partial charge < -0.3 is 9.72 Å². The number of benzene rings is 2. The van der Waals surface area contributed by atoms with Crippen molar-refractivity contribution in [3.63, 3.8) is 0 Å². The highest BCUT2D eigenvalue weighted by Crippen LogP contribution is 2.40. The molecule has 0 amide bonds. The number of sulfonamides is 1. The highest BCUT2D eigenvalue weighted by atomic mass is 35.5. The topological polar surface area (TPSA) is 88.3 Å². The molecule has 0 fully saturated rings. The lowest BCUT2D eigenvalue weighted by Crippen LogP contribution is -2.33. The van der Waals surface area contributed by atoms with E-state index in [1.54, 1.807) is 44.4 Å². The maximum absolute atomic E-state index is 12.5. The van der Waals surface area contributed by atoms with Crippen LogP contribution in [0.15, 0.2) is 57.5 Å². The number of thiophene rings is 1. The minimum atomic E-state index is -3.67. The zero-order valence-corrected chi connectivity index (χ0v) is 18.6. The van der Waals surface area contributed by atoms with Crippen LogP contribution in [0.5, 0.6) is 5.75 Å². The van der Waals surface area contributed by atoms with Crippen LogP contribution in [0.1, 0.15) is 6.92 Å². The van der Waals surface area contributed by atoms with Crippen molar-refractivity contribution < 1.29 is 13.2 Å². The quantitative estimate of drug-likeness (QED) is 0.417. The van der Waals surface area contributed by atoms with E-state index in [2.05, 4.69) is 9.71 Å². The number of aromatic amines is 1. The smallest absolute Gasteiger partial charge is 0.266 e. The Labute approximate surface area is 182 Å².